The number of aliphatic carboxylic acids is 1. The van der Waals surface area contributed by atoms with Gasteiger partial charge in [0.05, 0.1) is 13.0 Å². The monoisotopic (exact) mass is 299 g/mol. The molecule has 0 aliphatic rings. The van der Waals surface area contributed by atoms with Crippen LogP contribution in [0.5, 0.6) is 5.75 Å². The topological polar surface area (TPSA) is 75.6 Å². The molecule has 2 N–H and O–H groups in total. The van der Waals surface area contributed by atoms with Crippen LogP contribution in [0.25, 0.3) is 0 Å². The number of anilines is 1. The van der Waals surface area contributed by atoms with Gasteiger partial charge in [0.25, 0.3) is 0 Å². The zero-order valence-corrected chi connectivity index (χ0v) is 12.2. The molecule has 2 aromatic carbocycles. The third kappa shape index (κ3) is 4.09. The minimum absolute atomic E-state index is 0.128. The fraction of sp³-hybridized carbons (Fsp3) is 0.176. The van der Waals surface area contributed by atoms with Crippen LogP contribution in [0.4, 0.5) is 5.69 Å². The highest BCUT2D eigenvalue weighted by Gasteiger charge is 2.23. The maximum Gasteiger partial charge on any atom is 0.311 e. The van der Waals surface area contributed by atoms with Crippen molar-refractivity contribution in [1.82, 2.24) is 0 Å². The molecule has 0 spiro atoms. The van der Waals surface area contributed by atoms with Gasteiger partial charge in [-0.2, -0.15) is 0 Å². The third-order valence-corrected chi connectivity index (χ3v) is 3.24. The Labute approximate surface area is 128 Å². The normalized spacial score (nSPS) is 11.5. The van der Waals surface area contributed by atoms with Gasteiger partial charge < -0.3 is 15.2 Å². The van der Waals surface area contributed by atoms with E-state index < -0.39 is 11.9 Å². The smallest absolute Gasteiger partial charge is 0.311 e. The number of amides is 1. The summed E-state index contributed by atoms with van der Waals surface area (Å²) in [6.45, 7) is 0. The highest BCUT2D eigenvalue weighted by molar-refractivity contribution is 5.94. The zero-order chi connectivity index (χ0) is 15.9. The van der Waals surface area contributed by atoms with Gasteiger partial charge in [0.2, 0.25) is 5.91 Å². The summed E-state index contributed by atoms with van der Waals surface area (Å²) < 4.78 is 5.08. The summed E-state index contributed by atoms with van der Waals surface area (Å²) in [6, 6.07) is 15.6. The molecule has 5 heteroatoms. The van der Waals surface area contributed by atoms with Crippen molar-refractivity contribution in [3.05, 3.63) is 60.2 Å². The quantitative estimate of drug-likeness (QED) is 0.860. The molecule has 1 amide bonds. The summed E-state index contributed by atoms with van der Waals surface area (Å²) in [4.78, 5) is 23.5. The number of carbonyl (C=O) groups excluding carboxylic acids is 1. The van der Waals surface area contributed by atoms with E-state index in [0.29, 0.717) is 17.0 Å². The van der Waals surface area contributed by atoms with Gasteiger partial charge in [-0.15, -0.1) is 0 Å². The number of carboxylic acids is 1. The molecule has 5 nitrogen and oxygen atoms in total. The van der Waals surface area contributed by atoms with Gasteiger partial charge >= 0.3 is 5.97 Å². The van der Waals surface area contributed by atoms with Crippen molar-refractivity contribution in [2.45, 2.75) is 12.3 Å². The van der Waals surface area contributed by atoms with Crippen LogP contribution >= 0.6 is 0 Å². The lowest BCUT2D eigenvalue weighted by Gasteiger charge is -2.13. The van der Waals surface area contributed by atoms with Crippen molar-refractivity contribution in [1.29, 1.82) is 0 Å². The van der Waals surface area contributed by atoms with Gasteiger partial charge in [-0.25, -0.2) is 0 Å². The van der Waals surface area contributed by atoms with E-state index in [1.54, 1.807) is 54.6 Å². The number of rotatable bonds is 6. The second kappa shape index (κ2) is 7.26. The van der Waals surface area contributed by atoms with Crippen LogP contribution in [0.2, 0.25) is 0 Å². The molecule has 1 atom stereocenters. The van der Waals surface area contributed by atoms with Gasteiger partial charge in [0, 0.05) is 18.2 Å². The molecular weight excluding hydrogens is 282 g/mol. The van der Waals surface area contributed by atoms with E-state index in [1.165, 1.54) is 7.11 Å². The number of hydrogen-bond acceptors (Lipinski definition) is 3. The van der Waals surface area contributed by atoms with Crippen LogP contribution < -0.4 is 10.1 Å². The minimum atomic E-state index is -1.02. The first-order valence-corrected chi connectivity index (χ1v) is 6.82. The van der Waals surface area contributed by atoms with Crippen molar-refractivity contribution in [3.63, 3.8) is 0 Å². The van der Waals surface area contributed by atoms with Crippen LogP contribution in [0.1, 0.15) is 17.9 Å². The molecule has 0 heterocycles. The zero-order valence-electron chi connectivity index (χ0n) is 12.2. The fourth-order valence-electron chi connectivity index (χ4n) is 2.13. The molecule has 0 unspecified atom stereocenters. The standard InChI is InChI=1S/C17H17NO4/c1-22-14-9-5-8-13(10-14)18-16(19)11-15(17(20)21)12-6-3-2-4-7-12/h2-10,15H,11H2,1H3,(H,18,19)(H,20,21)/t15-/m1/s1. The van der Waals surface area contributed by atoms with Crippen LogP contribution in [-0.2, 0) is 9.59 Å². The van der Waals surface area contributed by atoms with Gasteiger partial charge in [0.1, 0.15) is 5.75 Å². The van der Waals surface area contributed by atoms with Gasteiger partial charge in [-0.05, 0) is 17.7 Å². The first-order chi connectivity index (χ1) is 10.6. The minimum Gasteiger partial charge on any atom is -0.497 e. The molecule has 0 saturated carbocycles. The van der Waals surface area contributed by atoms with Gasteiger partial charge in [0.15, 0.2) is 0 Å². The summed E-state index contributed by atoms with van der Waals surface area (Å²) in [5.41, 5.74) is 1.18. The molecule has 22 heavy (non-hydrogen) atoms. The molecule has 2 rings (SSSR count). The molecule has 2 aromatic rings. The number of benzene rings is 2. The van der Waals surface area contributed by atoms with Crippen LogP contribution in [0.15, 0.2) is 54.6 Å². The Morgan fingerprint density at radius 2 is 1.86 bits per heavy atom. The maximum atomic E-state index is 12.1. The second-order valence-electron chi connectivity index (χ2n) is 4.79. The molecule has 0 saturated heterocycles. The summed E-state index contributed by atoms with van der Waals surface area (Å²) in [5, 5.41) is 12.0. The van der Waals surface area contributed by atoms with Crippen LogP contribution in [0, 0.1) is 0 Å². The number of carboxylic acid groups (broad SMARTS) is 1. The van der Waals surface area contributed by atoms with Crippen LogP contribution in [0.3, 0.4) is 0 Å². The van der Waals surface area contributed by atoms with E-state index in [2.05, 4.69) is 5.32 Å². The highest BCUT2D eigenvalue weighted by atomic mass is 16.5. The summed E-state index contributed by atoms with van der Waals surface area (Å²) >= 11 is 0. The van der Waals surface area contributed by atoms with Crippen LogP contribution in [-0.4, -0.2) is 24.1 Å². The summed E-state index contributed by atoms with van der Waals surface area (Å²) in [7, 11) is 1.54. The lowest BCUT2D eigenvalue weighted by Crippen LogP contribution is -2.20. The van der Waals surface area contributed by atoms with Crippen molar-refractivity contribution >= 4 is 17.6 Å². The van der Waals surface area contributed by atoms with Crippen molar-refractivity contribution in [2.75, 3.05) is 12.4 Å². The molecular formula is C17H17NO4. The van der Waals surface area contributed by atoms with E-state index in [9.17, 15) is 14.7 Å². The van der Waals surface area contributed by atoms with Crippen molar-refractivity contribution < 1.29 is 19.4 Å². The Hall–Kier alpha value is -2.82. The Bertz CT molecular complexity index is 655. The molecule has 0 fully saturated rings. The molecule has 114 valence electrons. The second-order valence-corrected chi connectivity index (χ2v) is 4.79. The maximum absolute atomic E-state index is 12.1. The lowest BCUT2D eigenvalue weighted by atomic mass is 9.95. The lowest BCUT2D eigenvalue weighted by molar-refractivity contribution is -0.140. The summed E-state index contributed by atoms with van der Waals surface area (Å²) in [6.07, 6.45) is -0.128. The average molecular weight is 299 g/mol. The molecule has 0 radical (unpaired) electrons. The number of carbonyl (C=O) groups is 2. The Kier molecular flexibility index (Phi) is 5.14. The van der Waals surface area contributed by atoms with Crippen molar-refractivity contribution in [2.24, 2.45) is 0 Å². The van der Waals surface area contributed by atoms with Crippen molar-refractivity contribution in [3.8, 4) is 5.75 Å². The number of hydrogen-bond donors (Lipinski definition) is 2. The largest absolute Gasteiger partial charge is 0.497 e. The predicted molar refractivity (Wildman–Crippen MR) is 83.1 cm³/mol. The fourth-order valence-corrected chi connectivity index (χ4v) is 2.13. The Balaban J connectivity index is 2.07. The Morgan fingerprint density at radius 3 is 2.50 bits per heavy atom. The van der Waals surface area contributed by atoms with E-state index >= 15 is 0 Å². The predicted octanol–water partition coefficient (Wildman–Crippen LogP) is 2.89. The number of nitrogens with one attached hydrogen (secondary N) is 1. The van der Waals surface area contributed by atoms with Gasteiger partial charge in [-0.1, -0.05) is 36.4 Å². The third-order valence-electron chi connectivity index (χ3n) is 3.24. The first kappa shape index (κ1) is 15.6. The van der Waals surface area contributed by atoms with E-state index in [1.807, 2.05) is 0 Å². The number of ether oxygens (including phenoxy) is 1. The molecule has 0 bridgehead atoms. The molecule has 0 aliphatic heterocycles. The van der Waals surface area contributed by atoms with E-state index in [0.717, 1.165) is 0 Å². The number of methoxy groups -OCH3 is 1. The van der Waals surface area contributed by atoms with E-state index in [-0.39, 0.29) is 12.3 Å². The Morgan fingerprint density at radius 1 is 1.14 bits per heavy atom. The molecule has 0 aromatic heterocycles. The van der Waals surface area contributed by atoms with E-state index in [4.69, 9.17) is 4.74 Å². The SMILES string of the molecule is COc1cccc(NC(=O)C[C@@H](C(=O)O)c2ccccc2)c1. The first-order valence-electron chi connectivity index (χ1n) is 6.82. The highest BCUT2D eigenvalue weighted by Crippen LogP contribution is 2.22. The average Bonchev–Trinajstić information content (AvgIpc) is 2.53. The van der Waals surface area contributed by atoms with Gasteiger partial charge in [-0.3, -0.25) is 9.59 Å². The molecule has 0 aliphatic carbocycles. The summed E-state index contributed by atoms with van der Waals surface area (Å²) in [5.74, 6) is -1.63.